The molecular formula is C21H23N5O2. The van der Waals surface area contributed by atoms with Crippen molar-refractivity contribution in [2.24, 2.45) is 11.8 Å². The number of aromatic nitrogens is 3. The van der Waals surface area contributed by atoms with Crippen molar-refractivity contribution in [3.05, 3.63) is 42.4 Å². The molecule has 28 heavy (non-hydrogen) atoms. The van der Waals surface area contributed by atoms with Gasteiger partial charge in [-0.25, -0.2) is 9.97 Å². The van der Waals surface area contributed by atoms with Crippen LogP contribution in [0.25, 0.3) is 22.0 Å². The van der Waals surface area contributed by atoms with Gasteiger partial charge in [0.25, 0.3) is 0 Å². The molecule has 1 fully saturated rings. The molecule has 2 atom stereocenters. The minimum Gasteiger partial charge on any atom is -0.390 e. The number of aliphatic hydroxyl groups is 1. The molecule has 0 saturated heterocycles. The molecule has 2 unspecified atom stereocenters. The average molecular weight is 377 g/mol. The summed E-state index contributed by atoms with van der Waals surface area (Å²) in [4.78, 5) is 25.4. The Morgan fingerprint density at radius 1 is 1.32 bits per heavy atom. The molecule has 0 aliphatic heterocycles. The SMILES string of the molecule is Cc1ccncc1-c1cc2cc(NC(=O)C3CC3C(C)(C)O)ncc2c(N)n1. The van der Waals surface area contributed by atoms with Gasteiger partial charge in [0.15, 0.2) is 0 Å². The highest BCUT2D eigenvalue weighted by Gasteiger charge is 2.51. The standard InChI is InChI=1S/C21H23N5O2/c1-11-4-5-23-9-14(11)17-6-12-7-18(24-10-15(12)19(22)25-17)26-20(27)13-8-16(13)21(2,3)28/h4-7,9-10,13,16,28H,8H2,1-3H3,(H2,22,25)(H,24,26,27). The van der Waals surface area contributed by atoms with Crippen molar-refractivity contribution in [2.75, 3.05) is 11.1 Å². The van der Waals surface area contributed by atoms with Crippen LogP contribution in [0.5, 0.6) is 0 Å². The normalized spacial score (nSPS) is 18.9. The average Bonchev–Trinajstić information content (AvgIpc) is 3.43. The lowest BCUT2D eigenvalue weighted by Crippen LogP contribution is -2.26. The van der Waals surface area contributed by atoms with Gasteiger partial charge < -0.3 is 16.2 Å². The van der Waals surface area contributed by atoms with Crippen LogP contribution >= 0.6 is 0 Å². The minimum atomic E-state index is -0.852. The van der Waals surface area contributed by atoms with E-state index in [4.69, 9.17) is 5.73 Å². The van der Waals surface area contributed by atoms with Gasteiger partial charge in [-0.1, -0.05) is 0 Å². The highest BCUT2D eigenvalue weighted by molar-refractivity contribution is 5.98. The number of hydrogen-bond acceptors (Lipinski definition) is 6. The van der Waals surface area contributed by atoms with E-state index in [0.717, 1.165) is 27.6 Å². The maximum Gasteiger partial charge on any atom is 0.229 e. The maximum atomic E-state index is 12.5. The van der Waals surface area contributed by atoms with Crippen LogP contribution in [0, 0.1) is 18.8 Å². The van der Waals surface area contributed by atoms with E-state index in [9.17, 15) is 9.90 Å². The highest BCUT2D eigenvalue weighted by atomic mass is 16.3. The van der Waals surface area contributed by atoms with Crippen molar-refractivity contribution in [2.45, 2.75) is 32.8 Å². The molecule has 0 spiro atoms. The number of hydrogen-bond donors (Lipinski definition) is 3. The van der Waals surface area contributed by atoms with Crippen LogP contribution in [0.1, 0.15) is 25.8 Å². The van der Waals surface area contributed by atoms with Crippen molar-refractivity contribution >= 4 is 28.3 Å². The first-order chi connectivity index (χ1) is 13.2. The second kappa shape index (κ2) is 6.53. The number of fused-ring (bicyclic) bond motifs is 1. The van der Waals surface area contributed by atoms with Crippen LogP contribution in [0.4, 0.5) is 11.6 Å². The summed E-state index contributed by atoms with van der Waals surface area (Å²) in [6.07, 6.45) is 5.80. The highest BCUT2D eigenvalue weighted by Crippen LogP contribution is 2.46. The molecular weight excluding hydrogens is 354 g/mol. The van der Waals surface area contributed by atoms with Gasteiger partial charge in [0, 0.05) is 35.5 Å². The fraction of sp³-hybridized carbons (Fsp3) is 0.333. The molecule has 144 valence electrons. The number of rotatable bonds is 4. The van der Waals surface area contributed by atoms with Crippen LogP contribution in [0.3, 0.4) is 0 Å². The summed E-state index contributed by atoms with van der Waals surface area (Å²) < 4.78 is 0. The molecule has 3 aromatic rings. The molecule has 0 radical (unpaired) electrons. The second-order valence-electron chi connectivity index (χ2n) is 7.97. The van der Waals surface area contributed by atoms with E-state index in [2.05, 4.69) is 20.3 Å². The number of nitrogen functional groups attached to an aromatic ring is 1. The summed E-state index contributed by atoms with van der Waals surface area (Å²) in [5, 5.41) is 14.5. The number of anilines is 2. The predicted octanol–water partition coefficient (Wildman–Crippen LogP) is 2.93. The predicted molar refractivity (Wildman–Crippen MR) is 108 cm³/mol. The van der Waals surface area contributed by atoms with Crippen LogP contribution in [-0.2, 0) is 4.79 Å². The molecule has 1 amide bonds. The lowest BCUT2D eigenvalue weighted by molar-refractivity contribution is -0.118. The van der Waals surface area contributed by atoms with Gasteiger partial charge in [0.2, 0.25) is 5.91 Å². The third-order valence-electron chi connectivity index (χ3n) is 5.35. The summed E-state index contributed by atoms with van der Waals surface area (Å²) >= 11 is 0. The van der Waals surface area contributed by atoms with Crippen LogP contribution in [0.2, 0.25) is 0 Å². The summed E-state index contributed by atoms with van der Waals surface area (Å²) in [6, 6.07) is 5.63. The smallest absolute Gasteiger partial charge is 0.229 e. The van der Waals surface area contributed by atoms with E-state index in [1.54, 1.807) is 38.5 Å². The quantitative estimate of drug-likeness (QED) is 0.644. The van der Waals surface area contributed by atoms with E-state index in [-0.39, 0.29) is 17.7 Å². The van der Waals surface area contributed by atoms with E-state index in [0.29, 0.717) is 18.1 Å². The third-order valence-corrected chi connectivity index (χ3v) is 5.35. The topological polar surface area (TPSA) is 114 Å². The zero-order valence-electron chi connectivity index (χ0n) is 16.1. The zero-order valence-corrected chi connectivity index (χ0v) is 16.1. The molecule has 1 aliphatic rings. The number of nitrogens with zero attached hydrogens (tertiary/aromatic N) is 3. The van der Waals surface area contributed by atoms with Crippen molar-refractivity contribution in [3.8, 4) is 11.3 Å². The molecule has 4 N–H and O–H groups in total. The number of nitrogens with one attached hydrogen (secondary N) is 1. The summed E-state index contributed by atoms with van der Waals surface area (Å²) in [6.45, 7) is 5.46. The molecule has 1 saturated carbocycles. The largest absolute Gasteiger partial charge is 0.390 e. The number of nitrogens with two attached hydrogens (primary N) is 1. The van der Waals surface area contributed by atoms with Crippen LogP contribution in [-0.4, -0.2) is 31.6 Å². The first-order valence-electron chi connectivity index (χ1n) is 9.24. The Kier molecular flexibility index (Phi) is 4.27. The number of pyridine rings is 3. The molecule has 0 aromatic carbocycles. The summed E-state index contributed by atoms with van der Waals surface area (Å²) in [5.74, 6) is 0.509. The Morgan fingerprint density at radius 3 is 2.79 bits per heavy atom. The molecule has 7 heteroatoms. The van der Waals surface area contributed by atoms with Gasteiger partial charge in [0.05, 0.1) is 11.3 Å². The fourth-order valence-electron chi connectivity index (χ4n) is 3.60. The van der Waals surface area contributed by atoms with E-state index < -0.39 is 5.60 Å². The Labute approximate surface area is 163 Å². The minimum absolute atomic E-state index is 0.0204. The van der Waals surface area contributed by atoms with Gasteiger partial charge in [0.1, 0.15) is 11.6 Å². The van der Waals surface area contributed by atoms with Gasteiger partial charge in [-0.2, -0.15) is 0 Å². The first-order valence-corrected chi connectivity index (χ1v) is 9.24. The van der Waals surface area contributed by atoms with Crippen molar-refractivity contribution in [1.29, 1.82) is 0 Å². The molecule has 3 aromatic heterocycles. The van der Waals surface area contributed by atoms with E-state index in [1.165, 1.54) is 0 Å². The molecule has 7 nitrogen and oxygen atoms in total. The van der Waals surface area contributed by atoms with E-state index >= 15 is 0 Å². The number of carbonyl (C=O) groups is 1. The van der Waals surface area contributed by atoms with Crippen molar-refractivity contribution in [1.82, 2.24) is 15.0 Å². The monoisotopic (exact) mass is 377 g/mol. The van der Waals surface area contributed by atoms with Gasteiger partial charge >= 0.3 is 0 Å². The Balaban J connectivity index is 1.63. The first kappa shape index (κ1) is 18.3. The van der Waals surface area contributed by atoms with Crippen molar-refractivity contribution < 1.29 is 9.90 Å². The lowest BCUT2D eigenvalue weighted by atomic mass is 10.0. The van der Waals surface area contributed by atoms with Crippen LogP contribution < -0.4 is 11.1 Å². The molecule has 4 rings (SSSR count). The summed E-state index contributed by atoms with van der Waals surface area (Å²) in [5.41, 5.74) is 7.97. The van der Waals surface area contributed by atoms with Crippen LogP contribution in [0.15, 0.2) is 36.8 Å². The van der Waals surface area contributed by atoms with E-state index in [1.807, 2.05) is 19.1 Å². The lowest BCUT2D eigenvalue weighted by Gasteiger charge is -2.16. The Bertz CT molecular complexity index is 1070. The Morgan fingerprint density at radius 2 is 2.11 bits per heavy atom. The maximum absolute atomic E-state index is 12.5. The van der Waals surface area contributed by atoms with Crippen molar-refractivity contribution in [3.63, 3.8) is 0 Å². The number of aryl methyl sites for hydroxylation is 1. The molecule has 1 aliphatic carbocycles. The third kappa shape index (κ3) is 3.41. The molecule has 3 heterocycles. The van der Waals surface area contributed by atoms with Gasteiger partial charge in [-0.05, 0) is 62.3 Å². The summed E-state index contributed by atoms with van der Waals surface area (Å²) in [7, 11) is 0. The number of carbonyl (C=O) groups excluding carboxylic acids is 1. The van der Waals surface area contributed by atoms with Gasteiger partial charge in [-0.3, -0.25) is 9.78 Å². The fourth-order valence-corrected chi connectivity index (χ4v) is 3.60. The second-order valence-corrected chi connectivity index (χ2v) is 7.97. The zero-order chi connectivity index (χ0) is 20.1. The Hall–Kier alpha value is -3.06. The molecule has 0 bridgehead atoms. The van der Waals surface area contributed by atoms with Gasteiger partial charge in [-0.15, -0.1) is 0 Å². The number of amides is 1.